The number of benzene rings is 1. The van der Waals surface area contributed by atoms with E-state index in [1.54, 1.807) is 6.20 Å². The lowest BCUT2D eigenvalue weighted by Gasteiger charge is -2.05. The molecule has 0 amide bonds. The third-order valence-electron chi connectivity index (χ3n) is 2.39. The normalized spacial score (nSPS) is 9.87. The SMILES string of the molecule is Cc1ccnn1Cc1ccccc1C#N. The highest BCUT2D eigenvalue weighted by Crippen LogP contribution is 2.10. The van der Waals surface area contributed by atoms with E-state index in [0.717, 1.165) is 11.3 Å². The molecule has 0 saturated carbocycles. The van der Waals surface area contributed by atoms with Crippen LogP contribution in [0.1, 0.15) is 16.8 Å². The Morgan fingerprint density at radius 1 is 1.33 bits per heavy atom. The number of nitriles is 1. The Hall–Kier alpha value is -2.08. The molecular formula is C12H11N3. The van der Waals surface area contributed by atoms with Gasteiger partial charge >= 0.3 is 0 Å². The summed E-state index contributed by atoms with van der Waals surface area (Å²) in [5.74, 6) is 0. The molecule has 74 valence electrons. The molecule has 15 heavy (non-hydrogen) atoms. The van der Waals surface area contributed by atoms with Crippen LogP contribution in [0.3, 0.4) is 0 Å². The van der Waals surface area contributed by atoms with Crippen molar-refractivity contribution in [1.82, 2.24) is 9.78 Å². The lowest BCUT2D eigenvalue weighted by Crippen LogP contribution is -2.04. The Morgan fingerprint density at radius 2 is 2.13 bits per heavy atom. The summed E-state index contributed by atoms with van der Waals surface area (Å²) < 4.78 is 1.89. The monoisotopic (exact) mass is 197 g/mol. The molecule has 3 nitrogen and oxygen atoms in total. The Bertz CT molecular complexity index is 506. The zero-order valence-electron chi connectivity index (χ0n) is 8.51. The van der Waals surface area contributed by atoms with Crippen LogP contribution < -0.4 is 0 Å². The van der Waals surface area contributed by atoms with E-state index < -0.39 is 0 Å². The number of aryl methyl sites for hydroxylation is 1. The van der Waals surface area contributed by atoms with Gasteiger partial charge in [0.05, 0.1) is 18.2 Å². The van der Waals surface area contributed by atoms with Gasteiger partial charge < -0.3 is 0 Å². The van der Waals surface area contributed by atoms with Crippen LogP contribution in [0.15, 0.2) is 36.5 Å². The molecule has 0 N–H and O–H groups in total. The smallest absolute Gasteiger partial charge is 0.0995 e. The zero-order valence-corrected chi connectivity index (χ0v) is 8.51. The van der Waals surface area contributed by atoms with Crippen LogP contribution in [-0.2, 0) is 6.54 Å². The molecule has 1 heterocycles. The lowest BCUT2D eigenvalue weighted by atomic mass is 10.1. The van der Waals surface area contributed by atoms with E-state index in [2.05, 4.69) is 11.2 Å². The first-order chi connectivity index (χ1) is 7.31. The summed E-state index contributed by atoms with van der Waals surface area (Å²) in [4.78, 5) is 0. The third-order valence-corrected chi connectivity index (χ3v) is 2.39. The maximum Gasteiger partial charge on any atom is 0.0995 e. The molecule has 0 aliphatic heterocycles. The van der Waals surface area contributed by atoms with Crippen molar-refractivity contribution < 1.29 is 0 Å². The molecule has 1 aromatic carbocycles. The van der Waals surface area contributed by atoms with Crippen LogP contribution in [0.25, 0.3) is 0 Å². The number of aromatic nitrogens is 2. The Balaban J connectivity index is 2.33. The van der Waals surface area contributed by atoms with Crippen molar-refractivity contribution in [2.45, 2.75) is 13.5 Å². The molecule has 0 unspecified atom stereocenters. The average Bonchev–Trinajstić information content (AvgIpc) is 2.65. The molecule has 0 saturated heterocycles. The summed E-state index contributed by atoms with van der Waals surface area (Å²) in [6.07, 6.45) is 1.77. The minimum Gasteiger partial charge on any atom is -0.265 e. The van der Waals surface area contributed by atoms with Gasteiger partial charge in [-0.25, -0.2) is 0 Å². The van der Waals surface area contributed by atoms with Gasteiger partial charge in [-0.05, 0) is 24.6 Å². The van der Waals surface area contributed by atoms with Gasteiger partial charge in [0.1, 0.15) is 0 Å². The van der Waals surface area contributed by atoms with E-state index in [4.69, 9.17) is 5.26 Å². The van der Waals surface area contributed by atoms with Gasteiger partial charge in [-0.2, -0.15) is 10.4 Å². The van der Waals surface area contributed by atoms with Gasteiger partial charge in [-0.15, -0.1) is 0 Å². The maximum absolute atomic E-state index is 8.94. The fourth-order valence-corrected chi connectivity index (χ4v) is 1.49. The van der Waals surface area contributed by atoms with Gasteiger partial charge in [0, 0.05) is 11.9 Å². The summed E-state index contributed by atoms with van der Waals surface area (Å²) >= 11 is 0. The Morgan fingerprint density at radius 3 is 2.80 bits per heavy atom. The van der Waals surface area contributed by atoms with E-state index in [1.165, 1.54) is 0 Å². The van der Waals surface area contributed by atoms with Crippen molar-refractivity contribution in [3.8, 4) is 6.07 Å². The second-order valence-electron chi connectivity index (χ2n) is 3.40. The molecular weight excluding hydrogens is 186 g/mol. The molecule has 0 fully saturated rings. The number of hydrogen-bond donors (Lipinski definition) is 0. The summed E-state index contributed by atoms with van der Waals surface area (Å²) in [5.41, 5.74) is 2.82. The highest BCUT2D eigenvalue weighted by molar-refractivity contribution is 5.37. The second kappa shape index (κ2) is 3.97. The van der Waals surface area contributed by atoms with Crippen molar-refractivity contribution in [2.24, 2.45) is 0 Å². The minimum atomic E-state index is 0.655. The number of nitrogens with zero attached hydrogens (tertiary/aromatic N) is 3. The summed E-state index contributed by atoms with van der Waals surface area (Å²) in [5, 5.41) is 13.1. The van der Waals surface area contributed by atoms with E-state index in [0.29, 0.717) is 12.1 Å². The van der Waals surface area contributed by atoms with Gasteiger partial charge in [-0.3, -0.25) is 4.68 Å². The zero-order chi connectivity index (χ0) is 10.7. The topological polar surface area (TPSA) is 41.6 Å². The first kappa shape index (κ1) is 9.47. The van der Waals surface area contributed by atoms with E-state index in [1.807, 2.05) is 41.9 Å². The summed E-state index contributed by atoms with van der Waals surface area (Å²) in [6.45, 7) is 2.66. The largest absolute Gasteiger partial charge is 0.265 e. The maximum atomic E-state index is 8.94. The molecule has 3 heteroatoms. The van der Waals surface area contributed by atoms with Crippen molar-refractivity contribution in [3.05, 3.63) is 53.3 Å². The minimum absolute atomic E-state index is 0.655. The molecule has 0 radical (unpaired) electrons. The fraction of sp³-hybridized carbons (Fsp3) is 0.167. The Labute approximate surface area is 88.6 Å². The van der Waals surface area contributed by atoms with E-state index in [-0.39, 0.29) is 0 Å². The quantitative estimate of drug-likeness (QED) is 0.739. The van der Waals surface area contributed by atoms with Crippen LogP contribution >= 0.6 is 0 Å². The number of hydrogen-bond acceptors (Lipinski definition) is 2. The average molecular weight is 197 g/mol. The van der Waals surface area contributed by atoms with Gasteiger partial charge in [0.2, 0.25) is 0 Å². The van der Waals surface area contributed by atoms with Crippen molar-refractivity contribution in [3.63, 3.8) is 0 Å². The molecule has 0 aliphatic carbocycles. The van der Waals surface area contributed by atoms with E-state index in [9.17, 15) is 0 Å². The molecule has 1 aromatic heterocycles. The fourth-order valence-electron chi connectivity index (χ4n) is 1.49. The Kier molecular flexibility index (Phi) is 2.51. The van der Waals surface area contributed by atoms with Crippen LogP contribution in [0, 0.1) is 18.3 Å². The van der Waals surface area contributed by atoms with Crippen molar-refractivity contribution in [1.29, 1.82) is 5.26 Å². The molecule has 0 aliphatic rings. The number of rotatable bonds is 2. The first-order valence-corrected chi connectivity index (χ1v) is 4.77. The molecule has 2 aromatic rings. The van der Waals surface area contributed by atoms with Crippen LogP contribution in [0.2, 0.25) is 0 Å². The third kappa shape index (κ3) is 1.89. The van der Waals surface area contributed by atoms with Crippen molar-refractivity contribution >= 4 is 0 Å². The standard InChI is InChI=1S/C12H11N3/c1-10-6-7-14-15(10)9-12-5-3-2-4-11(12)8-13/h2-7H,9H2,1H3. The molecule has 2 rings (SSSR count). The van der Waals surface area contributed by atoms with Crippen molar-refractivity contribution in [2.75, 3.05) is 0 Å². The molecule has 0 bridgehead atoms. The highest BCUT2D eigenvalue weighted by atomic mass is 15.3. The first-order valence-electron chi connectivity index (χ1n) is 4.77. The van der Waals surface area contributed by atoms with Gasteiger partial charge in [-0.1, -0.05) is 18.2 Å². The van der Waals surface area contributed by atoms with Crippen LogP contribution in [0.5, 0.6) is 0 Å². The van der Waals surface area contributed by atoms with Gasteiger partial charge in [0.15, 0.2) is 0 Å². The predicted molar refractivity (Wildman–Crippen MR) is 57.2 cm³/mol. The van der Waals surface area contributed by atoms with Crippen LogP contribution in [0.4, 0.5) is 0 Å². The lowest BCUT2D eigenvalue weighted by molar-refractivity contribution is 0.664. The molecule has 0 atom stereocenters. The predicted octanol–water partition coefficient (Wildman–Crippen LogP) is 2.11. The highest BCUT2D eigenvalue weighted by Gasteiger charge is 2.03. The van der Waals surface area contributed by atoms with E-state index >= 15 is 0 Å². The second-order valence-corrected chi connectivity index (χ2v) is 3.40. The summed E-state index contributed by atoms with van der Waals surface area (Å²) in [7, 11) is 0. The van der Waals surface area contributed by atoms with Crippen LogP contribution in [-0.4, -0.2) is 9.78 Å². The summed E-state index contributed by atoms with van der Waals surface area (Å²) in [6, 6.07) is 11.7. The molecule has 0 spiro atoms. The van der Waals surface area contributed by atoms with Gasteiger partial charge in [0.25, 0.3) is 0 Å².